The number of benzene rings is 1. The molecule has 19 heavy (non-hydrogen) atoms. The van der Waals surface area contributed by atoms with Crippen molar-refractivity contribution in [2.45, 2.75) is 17.5 Å². The number of aromatic nitrogens is 3. The van der Waals surface area contributed by atoms with Crippen LogP contribution < -0.4 is 5.73 Å². The maximum atomic E-state index is 13.2. The zero-order valence-corrected chi connectivity index (χ0v) is 11.1. The molecule has 0 saturated heterocycles. The van der Waals surface area contributed by atoms with E-state index in [4.69, 9.17) is 11.0 Å². The van der Waals surface area contributed by atoms with Crippen LogP contribution in [0.5, 0.6) is 0 Å². The van der Waals surface area contributed by atoms with E-state index in [2.05, 4.69) is 10.2 Å². The van der Waals surface area contributed by atoms with E-state index in [0.29, 0.717) is 18.1 Å². The molecule has 0 amide bonds. The van der Waals surface area contributed by atoms with Gasteiger partial charge in [-0.2, -0.15) is 5.26 Å². The van der Waals surface area contributed by atoms with Gasteiger partial charge in [0.2, 0.25) is 0 Å². The SMILES string of the molecule is Cn1c(CN)nnc1SCc1ccc(F)c(C#N)c1. The Kier molecular flexibility index (Phi) is 4.14. The number of rotatable bonds is 4. The van der Waals surface area contributed by atoms with Crippen molar-refractivity contribution in [2.24, 2.45) is 12.8 Å². The molecule has 2 N–H and O–H groups in total. The highest BCUT2D eigenvalue weighted by atomic mass is 32.2. The van der Waals surface area contributed by atoms with Gasteiger partial charge in [0.1, 0.15) is 17.7 Å². The molecular formula is C12H12FN5S. The van der Waals surface area contributed by atoms with Crippen LogP contribution in [0.4, 0.5) is 4.39 Å². The largest absolute Gasteiger partial charge is 0.324 e. The maximum Gasteiger partial charge on any atom is 0.191 e. The third kappa shape index (κ3) is 2.92. The Morgan fingerprint density at radius 3 is 2.89 bits per heavy atom. The van der Waals surface area contributed by atoms with Crippen molar-refractivity contribution in [1.82, 2.24) is 14.8 Å². The van der Waals surface area contributed by atoms with Gasteiger partial charge in [-0.15, -0.1) is 10.2 Å². The molecule has 0 aliphatic heterocycles. The monoisotopic (exact) mass is 277 g/mol. The molecule has 0 bridgehead atoms. The zero-order valence-electron chi connectivity index (χ0n) is 10.3. The molecule has 0 aliphatic rings. The van der Waals surface area contributed by atoms with Gasteiger partial charge in [-0.05, 0) is 17.7 Å². The molecule has 0 radical (unpaired) electrons. The fourth-order valence-corrected chi connectivity index (χ4v) is 2.42. The van der Waals surface area contributed by atoms with Crippen molar-refractivity contribution >= 4 is 11.8 Å². The second-order valence-corrected chi connectivity index (χ2v) is 4.82. The smallest absolute Gasteiger partial charge is 0.191 e. The van der Waals surface area contributed by atoms with Crippen LogP contribution in [0.1, 0.15) is 17.0 Å². The van der Waals surface area contributed by atoms with Gasteiger partial charge in [0.25, 0.3) is 0 Å². The van der Waals surface area contributed by atoms with E-state index in [9.17, 15) is 4.39 Å². The fraction of sp³-hybridized carbons (Fsp3) is 0.250. The van der Waals surface area contributed by atoms with Crippen LogP contribution >= 0.6 is 11.8 Å². The second-order valence-electron chi connectivity index (χ2n) is 3.88. The number of nitriles is 1. The summed E-state index contributed by atoms with van der Waals surface area (Å²) in [5, 5.41) is 17.5. The molecule has 0 aliphatic carbocycles. The summed E-state index contributed by atoms with van der Waals surface area (Å²) in [4.78, 5) is 0. The Labute approximate surface area is 114 Å². The lowest BCUT2D eigenvalue weighted by molar-refractivity contribution is 0.623. The molecule has 1 aromatic heterocycles. The van der Waals surface area contributed by atoms with E-state index in [1.807, 2.05) is 17.7 Å². The lowest BCUT2D eigenvalue weighted by atomic mass is 10.1. The second kappa shape index (κ2) is 5.82. The van der Waals surface area contributed by atoms with Gasteiger partial charge in [-0.25, -0.2) is 4.39 Å². The topological polar surface area (TPSA) is 80.5 Å². The minimum absolute atomic E-state index is 0.0544. The summed E-state index contributed by atoms with van der Waals surface area (Å²) in [5.41, 5.74) is 6.43. The number of thioether (sulfide) groups is 1. The van der Waals surface area contributed by atoms with Crippen molar-refractivity contribution in [3.05, 3.63) is 41.0 Å². The van der Waals surface area contributed by atoms with Crippen molar-refractivity contribution in [2.75, 3.05) is 0 Å². The third-order valence-corrected chi connectivity index (χ3v) is 3.72. The van der Waals surface area contributed by atoms with Crippen LogP contribution in [-0.4, -0.2) is 14.8 Å². The predicted octanol–water partition coefficient (Wildman–Crippen LogP) is 1.58. The Balaban J connectivity index is 2.10. The lowest BCUT2D eigenvalue weighted by Gasteiger charge is -2.03. The Bertz CT molecular complexity index is 632. The Hall–Kier alpha value is -1.91. The third-order valence-electron chi connectivity index (χ3n) is 2.63. The summed E-state index contributed by atoms with van der Waals surface area (Å²) in [6.07, 6.45) is 0. The molecule has 7 heteroatoms. The first-order chi connectivity index (χ1) is 9.15. The van der Waals surface area contributed by atoms with Crippen LogP contribution in [0, 0.1) is 17.1 Å². The predicted molar refractivity (Wildman–Crippen MR) is 69.6 cm³/mol. The van der Waals surface area contributed by atoms with E-state index in [1.54, 1.807) is 12.1 Å². The van der Waals surface area contributed by atoms with Crippen LogP contribution in [-0.2, 0) is 19.3 Å². The summed E-state index contributed by atoms with van der Waals surface area (Å²) in [6.45, 7) is 0.333. The maximum absolute atomic E-state index is 13.2. The van der Waals surface area contributed by atoms with Gasteiger partial charge in [-0.1, -0.05) is 17.8 Å². The standard InChI is InChI=1S/C12H12FN5S/c1-18-11(6-15)16-17-12(18)19-7-8-2-3-10(13)9(4-8)5-14/h2-4H,6-7,15H2,1H3. The van der Waals surface area contributed by atoms with Crippen LogP contribution in [0.3, 0.4) is 0 Å². The Morgan fingerprint density at radius 2 is 2.26 bits per heavy atom. The van der Waals surface area contributed by atoms with E-state index in [-0.39, 0.29) is 5.56 Å². The van der Waals surface area contributed by atoms with Crippen molar-refractivity contribution < 1.29 is 4.39 Å². The highest BCUT2D eigenvalue weighted by molar-refractivity contribution is 7.98. The molecule has 0 saturated carbocycles. The summed E-state index contributed by atoms with van der Waals surface area (Å²) >= 11 is 1.46. The number of hydrogen-bond acceptors (Lipinski definition) is 5. The number of halogens is 1. The van der Waals surface area contributed by atoms with Crippen LogP contribution in [0.15, 0.2) is 23.4 Å². The first-order valence-electron chi connectivity index (χ1n) is 5.55. The highest BCUT2D eigenvalue weighted by Gasteiger charge is 2.09. The minimum Gasteiger partial charge on any atom is -0.324 e. The van der Waals surface area contributed by atoms with Crippen molar-refractivity contribution in [3.8, 4) is 6.07 Å². The van der Waals surface area contributed by atoms with Crippen molar-refractivity contribution in [3.63, 3.8) is 0 Å². The van der Waals surface area contributed by atoms with E-state index in [1.165, 1.54) is 17.8 Å². The molecule has 1 aromatic carbocycles. The molecule has 0 spiro atoms. The molecule has 2 rings (SSSR count). The Morgan fingerprint density at radius 1 is 1.47 bits per heavy atom. The number of nitrogens with two attached hydrogens (primary N) is 1. The molecule has 1 heterocycles. The normalized spacial score (nSPS) is 10.4. The summed E-state index contributed by atoms with van der Waals surface area (Å²) in [5.74, 6) is 0.797. The highest BCUT2D eigenvalue weighted by Crippen LogP contribution is 2.22. The first kappa shape index (κ1) is 13.5. The molecule has 0 atom stereocenters. The number of nitrogens with zero attached hydrogens (tertiary/aromatic N) is 4. The van der Waals surface area contributed by atoms with Gasteiger partial charge in [0, 0.05) is 12.8 Å². The fourth-order valence-electron chi connectivity index (χ4n) is 1.54. The molecule has 5 nitrogen and oxygen atoms in total. The summed E-state index contributed by atoms with van der Waals surface area (Å²) < 4.78 is 15.0. The first-order valence-corrected chi connectivity index (χ1v) is 6.54. The van der Waals surface area contributed by atoms with Gasteiger partial charge < -0.3 is 10.3 Å². The van der Waals surface area contributed by atoms with Crippen LogP contribution in [0.2, 0.25) is 0 Å². The molecular weight excluding hydrogens is 265 g/mol. The van der Waals surface area contributed by atoms with Gasteiger partial charge in [0.05, 0.1) is 12.1 Å². The van der Waals surface area contributed by atoms with E-state index in [0.717, 1.165) is 10.7 Å². The van der Waals surface area contributed by atoms with Crippen LogP contribution in [0.25, 0.3) is 0 Å². The zero-order chi connectivity index (χ0) is 13.8. The van der Waals surface area contributed by atoms with E-state index >= 15 is 0 Å². The van der Waals surface area contributed by atoms with Crippen molar-refractivity contribution in [1.29, 1.82) is 5.26 Å². The minimum atomic E-state index is -0.500. The average molecular weight is 277 g/mol. The molecule has 0 unspecified atom stereocenters. The number of hydrogen-bond donors (Lipinski definition) is 1. The van der Waals surface area contributed by atoms with E-state index < -0.39 is 5.82 Å². The van der Waals surface area contributed by atoms with Gasteiger partial charge >= 0.3 is 0 Å². The lowest BCUT2D eigenvalue weighted by Crippen LogP contribution is -2.05. The quantitative estimate of drug-likeness (QED) is 0.858. The van der Waals surface area contributed by atoms with Gasteiger partial charge in [-0.3, -0.25) is 0 Å². The molecule has 0 fully saturated rings. The summed E-state index contributed by atoms with van der Waals surface area (Å²) in [7, 11) is 1.84. The summed E-state index contributed by atoms with van der Waals surface area (Å²) in [6, 6.07) is 6.33. The van der Waals surface area contributed by atoms with Gasteiger partial charge in [0.15, 0.2) is 5.16 Å². The molecule has 98 valence electrons. The molecule has 2 aromatic rings. The average Bonchev–Trinajstić information content (AvgIpc) is 2.78.